The molecule has 4 nitrogen and oxygen atoms in total. The third-order valence-electron chi connectivity index (χ3n) is 5.72. The van der Waals surface area contributed by atoms with Gasteiger partial charge in [-0.3, -0.25) is 0 Å². The van der Waals surface area contributed by atoms with Gasteiger partial charge >= 0.3 is 0 Å². The monoisotopic (exact) mass is 395 g/mol. The Morgan fingerprint density at radius 2 is 1.57 bits per heavy atom. The van der Waals surface area contributed by atoms with E-state index in [-0.39, 0.29) is 0 Å². The van der Waals surface area contributed by atoms with Gasteiger partial charge in [0.15, 0.2) is 0 Å². The van der Waals surface area contributed by atoms with Crippen molar-refractivity contribution in [3.05, 3.63) is 77.9 Å². The SMILES string of the molecule is CCc1ccc(S(=O)(=O)N2CC[NH+](Cc3cccc4ccccc34)CC2)cc1. The normalized spacial score (nSPS) is 16.5. The average Bonchev–Trinajstić information content (AvgIpc) is 2.74. The summed E-state index contributed by atoms with van der Waals surface area (Å²) >= 11 is 0. The van der Waals surface area contributed by atoms with Crippen LogP contribution in [0.2, 0.25) is 0 Å². The molecule has 0 unspecified atom stereocenters. The molecule has 0 atom stereocenters. The highest BCUT2D eigenvalue weighted by Gasteiger charge is 2.30. The quantitative estimate of drug-likeness (QED) is 0.721. The van der Waals surface area contributed by atoms with Crippen LogP contribution in [-0.2, 0) is 23.0 Å². The molecule has 0 amide bonds. The minimum absolute atomic E-state index is 0.405. The van der Waals surface area contributed by atoms with Gasteiger partial charge in [-0.2, -0.15) is 4.31 Å². The van der Waals surface area contributed by atoms with E-state index in [1.54, 1.807) is 16.4 Å². The number of benzene rings is 3. The van der Waals surface area contributed by atoms with E-state index in [9.17, 15) is 8.42 Å². The highest BCUT2D eigenvalue weighted by Crippen LogP contribution is 2.19. The summed E-state index contributed by atoms with van der Waals surface area (Å²) in [7, 11) is -3.40. The summed E-state index contributed by atoms with van der Waals surface area (Å²) < 4.78 is 27.5. The zero-order chi connectivity index (χ0) is 19.6. The number of fused-ring (bicyclic) bond motifs is 1. The first kappa shape index (κ1) is 19.1. The van der Waals surface area contributed by atoms with Gasteiger partial charge in [-0.05, 0) is 34.9 Å². The summed E-state index contributed by atoms with van der Waals surface area (Å²) in [6.07, 6.45) is 0.913. The van der Waals surface area contributed by atoms with Crippen molar-refractivity contribution in [1.82, 2.24) is 4.31 Å². The predicted molar refractivity (Wildman–Crippen MR) is 113 cm³/mol. The number of rotatable bonds is 5. The van der Waals surface area contributed by atoms with Crippen molar-refractivity contribution in [2.75, 3.05) is 26.2 Å². The molecule has 3 aromatic carbocycles. The molecule has 0 saturated carbocycles. The fraction of sp³-hybridized carbons (Fsp3) is 0.304. The van der Waals surface area contributed by atoms with Crippen molar-refractivity contribution in [3.63, 3.8) is 0 Å². The Bertz CT molecular complexity index is 1050. The van der Waals surface area contributed by atoms with Crippen molar-refractivity contribution in [3.8, 4) is 0 Å². The van der Waals surface area contributed by atoms with Gasteiger partial charge in [0.1, 0.15) is 6.54 Å². The average molecular weight is 396 g/mol. The smallest absolute Gasteiger partial charge is 0.243 e. The first-order valence-corrected chi connectivity index (χ1v) is 11.4. The Labute approximate surface area is 167 Å². The van der Waals surface area contributed by atoms with Crippen molar-refractivity contribution < 1.29 is 13.3 Å². The van der Waals surface area contributed by atoms with Gasteiger partial charge in [0.25, 0.3) is 0 Å². The number of nitrogens with one attached hydrogen (secondary N) is 1. The number of aryl methyl sites for hydroxylation is 1. The molecular weight excluding hydrogens is 368 g/mol. The zero-order valence-corrected chi connectivity index (χ0v) is 17.1. The molecule has 1 fully saturated rings. The van der Waals surface area contributed by atoms with Crippen LogP contribution in [0.1, 0.15) is 18.1 Å². The van der Waals surface area contributed by atoms with E-state index >= 15 is 0 Å². The molecule has 0 aliphatic carbocycles. The number of piperazine rings is 1. The van der Waals surface area contributed by atoms with Crippen LogP contribution < -0.4 is 4.90 Å². The lowest BCUT2D eigenvalue weighted by molar-refractivity contribution is -0.917. The number of nitrogens with zero attached hydrogens (tertiary/aromatic N) is 1. The van der Waals surface area contributed by atoms with Gasteiger partial charge in [-0.1, -0.05) is 61.5 Å². The van der Waals surface area contributed by atoms with Gasteiger partial charge in [0.2, 0.25) is 10.0 Å². The van der Waals surface area contributed by atoms with Crippen LogP contribution in [0, 0.1) is 0 Å². The zero-order valence-electron chi connectivity index (χ0n) is 16.3. The van der Waals surface area contributed by atoms with Gasteiger partial charge in [0, 0.05) is 5.56 Å². The molecule has 28 heavy (non-hydrogen) atoms. The maximum Gasteiger partial charge on any atom is 0.243 e. The lowest BCUT2D eigenvalue weighted by Crippen LogP contribution is -3.13. The third-order valence-corrected chi connectivity index (χ3v) is 7.63. The van der Waals surface area contributed by atoms with Crippen molar-refractivity contribution >= 4 is 20.8 Å². The number of sulfonamides is 1. The molecule has 1 heterocycles. The summed E-state index contributed by atoms with van der Waals surface area (Å²) in [6.45, 7) is 5.79. The van der Waals surface area contributed by atoms with Crippen LogP contribution in [0.5, 0.6) is 0 Å². The summed E-state index contributed by atoms with van der Waals surface area (Å²) in [6, 6.07) is 22.2. The van der Waals surface area contributed by atoms with Crippen LogP contribution >= 0.6 is 0 Å². The Morgan fingerprint density at radius 1 is 0.893 bits per heavy atom. The first-order chi connectivity index (χ1) is 13.6. The molecular formula is C23H27N2O2S+. The van der Waals surface area contributed by atoms with Gasteiger partial charge in [-0.15, -0.1) is 0 Å². The Balaban J connectivity index is 1.44. The minimum atomic E-state index is -3.40. The molecule has 0 radical (unpaired) electrons. The topological polar surface area (TPSA) is 41.8 Å². The highest BCUT2D eigenvalue weighted by molar-refractivity contribution is 7.89. The molecule has 0 aromatic heterocycles. The molecule has 4 rings (SSSR count). The summed E-state index contributed by atoms with van der Waals surface area (Å²) in [5.74, 6) is 0. The second kappa shape index (κ2) is 8.03. The van der Waals surface area contributed by atoms with E-state index in [0.717, 1.165) is 31.6 Å². The molecule has 5 heteroatoms. The Kier molecular flexibility index (Phi) is 5.49. The molecule has 3 aromatic rings. The molecule has 146 valence electrons. The standard InChI is InChI=1S/C23H26N2O2S/c1-2-19-10-12-22(13-11-19)28(26,27)25-16-14-24(15-17-25)18-21-8-5-7-20-6-3-4-9-23(20)21/h3-13H,2,14-18H2,1H3/p+1. The van der Waals surface area contributed by atoms with Gasteiger partial charge in [0.05, 0.1) is 31.1 Å². The summed E-state index contributed by atoms with van der Waals surface area (Å²) in [5, 5.41) is 2.56. The van der Waals surface area contributed by atoms with E-state index in [2.05, 4.69) is 49.4 Å². The van der Waals surface area contributed by atoms with Crippen LogP contribution in [0.4, 0.5) is 0 Å². The molecule has 0 bridgehead atoms. The maximum absolute atomic E-state index is 12.9. The molecule has 1 N–H and O–H groups in total. The predicted octanol–water partition coefficient (Wildman–Crippen LogP) is 2.49. The van der Waals surface area contributed by atoms with Crippen LogP contribution in [0.15, 0.2) is 71.6 Å². The second-order valence-corrected chi connectivity index (χ2v) is 9.40. The third kappa shape index (κ3) is 3.83. The number of quaternary nitrogens is 1. The molecule has 0 spiro atoms. The molecule has 1 aliphatic rings. The van der Waals surface area contributed by atoms with E-state index < -0.39 is 10.0 Å². The lowest BCUT2D eigenvalue weighted by atomic mass is 10.0. The number of hydrogen-bond acceptors (Lipinski definition) is 2. The molecule has 1 saturated heterocycles. The van der Waals surface area contributed by atoms with Crippen LogP contribution in [0.3, 0.4) is 0 Å². The van der Waals surface area contributed by atoms with Crippen molar-refractivity contribution in [2.24, 2.45) is 0 Å². The fourth-order valence-corrected chi connectivity index (χ4v) is 5.42. The first-order valence-electron chi connectivity index (χ1n) is 9.97. The van der Waals surface area contributed by atoms with Crippen molar-refractivity contribution in [2.45, 2.75) is 24.8 Å². The Morgan fingerprint density at radius 3 is 2.29 bits per heavy atom. The second-order valence-electron chi connectivity index (χ2n) is 7.47. The van der Waals surface area contributed by atoms with Gasteiger partial charge < -0.3 is 4.90 Å². The van der Waals surface area contributed by atoms with E-state index in [0.29, 0.717) is 18.0 Å². The van der Waals surface area contributed by atoms with E-state index in [4.69, 9.17) is 0 Å². The van der Waals surface area contributed by atoms with Gasteiger partial charge in [-0.25, -0.2) is 8.42 Å². The maximum atomic E-state index is 12.9. The van der Waals surface area contributed by atoms with E-state index in [1.807, 2.05) is 12.1 Å². The summed E-state index contributed by atoms with van der Waals surface area (Å²) in [5.41, 5.74) is 2.49. The fourth-order valence-electron chi connectivity index (χ4n) is 3.98. The lowest BCUT2D eigenvalue weighted by Gasteiger charge is -2.31. The van der Waals surface area contributed by atoms with Crippen molar-refractivity contribution in [1.29, 1.82) is 0 Å². The highest BCUT2D eigenvalue weighted by atomic mass is 32.2. The Hall–Kier alpha value is -2.21. The van der Waals surface area contributed by atoms with Crippen LogP contribution in [-0.4, -0.2) is 38.9 Å². The van der Waals surface area contributed by atoms with E-state index in [1.165, 1.54) is 21.2 Å². The van der Waals surface area contributed by atoms with Crippen LogP contribution in [0.25, 0.3) is 10.8 Å². The minimum Gasteiger partial charge on any atom is -0.329 e. The number of hydrogen-bond donors (Lipinski definition) is 1. The molecule has 1 aliphatic heterocycles. The largest absolute Gasteiger partial charge is 0.329 e. The summed E-state index contributed by atoms with van der Waals surface area (Å²) in [4.78, 5) is 1.84.